The van der Waals surface area contributed by atoms with E-state index in [1.54, 1.807) is 31.2 Å². The SMILES string of the molecule is CCOc1ccccc1NC(=O)CN1C(=O)N[C@](C)(c2cc(F)ccc2F)C1=O. The minimum absolute atomic E-state index is 0.319. The molecule has 1 aliphatic rings. The first-order chi connectivity index (χ1) is 13.8. The molecule has 2 aromatic carbocycles. The van der Waals surface area contributed by atoms with Crippen LogP contribution in [-0.2, 0) is 15.1 Å². The standard InChI is InChI=1S/C20H19F2N3O4/c1-3-29-16-7-5-4-6-15(16)23-17(26)11-25-18(27)20(2,24-19(25)28)13-10-12(21)8-9-14(13)22/h4-10H,3,11H2,1-2H3,(H,23,26)(H,24,28)/t20-/m1/s1. The molecule has 0 aromatic heterocycles. The molecular weight excluding hydrogens is 384 g/mol. The number of ether oxygens (including phenoxy) is 1. The zero-order valence-electron chi connectivity index (χ0n) is 15.8. The van der Waals surface area contributed by atoms with E-state index in [0.717, 1.165) is 18.2 Å². The van der Waals surface area contributed by atoms with Gasteiger partial charge in [-0.25, -0.2) is 13.6 Å². The second-order valence-corrected chi connectivity index (χ2v) is 6.55. The number of hydrogen-bond donors (Lipinski definition) is 2. The Balaban J connectivity index is 1.79. The second kappa shape index (κ2) is 7.86. The molecule has 1 fully saturated rings. The molecule has 1 heterocycles. The zero-order valence-corrected chi connectivity index (χ0v) is 15.8. The molecule has 1 aliphatic heterocycles. The molecule has 0 saturated carbocycles. The first-order valence-corrected chi connectivity index (χ1v) is 8.87. The van der Waals surface area contributed by atoms with Crippen LogP contribution >= 0.6 is 0 Å². The summed E-state index contributed by atoms with van der Waals surface area (Å²) < 4.78 is 33.2. The van der Waals surface area contributed by atoms with Gasteiger partial charge in [-0.15, -0.1) is 0 Å². The molecule has 3 rings (SSSR count). The van der Waals surface area contributed by atoms with Crippen molar-refractivity contribution in [3.05, 3.63) is 59.7 Å². The molecular formula is C20H19F2N3O4. The number of para-hydroxylation sites is 2. The van der Waals surface area contributed by atoms with Crippen LogP contribution in [0, 0.1) is 11.6 Å². The molecule has 2 N–H and O–H groups in total. The third-order valence-corrected chi connectivity index (χ3v) is 4.50. The number of imide groups is 1. The molecule has 152 valence electrons. The van der Waals surface area contributed by atoms with Gasteiger partial charge < -0.3 is 15.4 Å². The molecule has 1 saturated heterocycles. The number of nitrogens with one attached hydrogen (secondary N) is 2. The van der Waals surface area contributed by atoms with E-state index in [1.165, 1.54) is 6.92 Å². The normalized spacial score (nSPS) is 18.6. The molecule has 1 atom stereocenters. The number of amides is 4. The van der Waals surface area contributed by atoms with E-state index >= 15 is 0 Å². The van der Waals surface area contributed by atoms with Gasteiger partial charge in [-0.05, 0) is 44.2 Å². The lowest BCUT2D eigenvalue weighted by Crippen LogP contribution is -2.42. The van der Waals surface area contributed by atoms with Gasteiger partial charge in [0.2, 0.25) is 5.91 Å². The predicted octanol–water partition coefficient (Wildman–Crippen LogP) is 2.77. The van der Waals surface area contributed by atoms with E-state index in [1.807, 2.05) is 0 Å². The monoisotopic (exact) mass is 403 g/mol. The lowest BCUT2D eigenvalue weighted by Gasteiger charge is -2.22. The van der Waals surface area contributed by atoms with Crippen molar-refractivity contribution in [1.82, 2.24) is 10.2 Å². The lowest BCUT2D eigenvalue weighted by molar-refractivity contribution is -0.133. The van der Waals surface area contributed by atoms with Crippen LogP contribution in [0.4, 0.5) is 19.3 Å². The maximum atomic E-state index is 14.2. The molecule has 0 spiro atoms. The maximum absolute atomic E-state index is 14.2. The van der Waals surface area contributed by atoms with Gasteiger partial charge in [-0.2, -0.15) is 0 Å². The average molecular weight is 403 g/mol. The summed E-state index contributed by atoms with van der Waals surface area (Å²) in [5, 5.41) is 4.92. The molecule has 0 bridgehead atoms. The van der Waals surface area contributed by atoms with E-state index in [4.69, 9.17) is 4.74 Å². The quantitative estimate of drug-likeness (QED) is 0.726. The summed E-state index contributed by atoms with van der Waals surface area (Å²) in [6, 6.07) is 8.44. The predicted molar refractivity (Wildman–Crippen MR) is 100 cm³/mol. The highest BCUT2D eigenvalue weighted by Gasteiger charge is 2.50. The Morgan fingerprint density at radius 3 is 2.66 bits per heavy atom. The molecule has 29 heavy (non-hydrogen) atoms. The number of rotatable bonds is 6. The number of carbonyl (C=O) groups excluding carboxylic acids is 3. The van der Waals surface area contributed by atoms with E-state index < -0.39 is 41.6 Å². The van der Waals surface area contributed by atoms with E-state index in [9.17, 15) is 23.2 Å². The van der Waals surface area contributed by atoms with Crippen molar-refractivity contribution in [2.24, 2.45) is 0 Å². The Hall–Kier alpha value is -3.49. The summed E-state index contributed by atoms with van der Waals surface area (Å²) >= 11 is 0. The fraction of sp³-hybridized carbons (Fsp3) is 0.250. The van der Waals surface area contributed by atoms with Gasteiger partial charge in [-0.1, -0.05) is 12.1 Å². The molecule has 9 heteroatoms. The number of benzene rings is 2. The van der Waals surface area contributed by atoms with Crippen LogP contribution in [-0.4, -0.2) is 35.9 Å². The number of halogens is 2. The molecule has 0 aliphatic carbocycles. The third-order valence-electron chi connectivity index (χ3n) is 4.50. The van der Waals surface area contributed by atoms with Crippen LogP contribution in [0.5, 0.6) is 5.75 Å². The van der Waals surface area contributed by atoms with Crippen LogP contribution < -0.4 is 15.4 Å². The molecule has 4 amide bonds. The summed E-state index contributed by atoms with van der Waals surface area (Å²) in [4.78, 5) is 38.2. The first kappa shape index (κ1) is 20.2. The minimum atomic E-state index is -1.83. The summed E-state index contributed by atoms with van der Waals surface area (Å²) in [5.41, 5.74) is -1.77. The van der Waals surface area contributed by atoms with Crippen LogP contribution in [0.15, 0.2) is 42.5 Å². The van der Waals surface area contributed by atoms with Crippen molar-refractivity contribution in [2.45, 2.75) is 19.4 Å². The zero-order chi connectivity index (χ0) is 21.2. The number of anilines is 1. The number of carbonyl (C=O) groups is 3. The van der Waals surface area contributed by atoms with Crippen molar-refractivity contribution >= 4 is 23.5 Å². The van der Waals surface area contributed by atoms with Crippen LogP contribution in [0.3, 0.4) is 0 Å². The first-order valence-electron chi connectivity index (χ1n) is 8.87. The highest BCUT2D eigenvalue weighted by atomic mass is 19.1. The fourth-order valence-corrected chi connectivity index (χ4v) is 3.09. The third kappa shape index (κ3) is 3.89. The van der Waals surface area contributed by atoms with Crippen LogP contribution in [0.2, 0.25) is 0 Å². The summed E-state index contributed by atoms with van der Waals surface area (Å²) in [6.07, 6.45) is 0. The van der Waals surface area contributed by atoms with Crippen molar-refractivity contribution in [3.63, 3.8) is 0 Å². The van der Waals surface area contributed by atoms with Gasteiger partial charge >= 0.3 is 6.03 Å². The Kier molecular flexibility index (Phi) is 5.49. The topological polar surface area (TPSA) is 87.7 Å². The molecule has 0 unspecified atom stereocenters. The second-order valence-electron chi connectivity index (χ2n) is 6.55. The number of nitrogens with zero attached hydrogens (tertiary/aromatic N) is 1. The van der Waals surface area contributed by atoms with Crippen molar-refractivity contribution in [2.75, 3.05) is 18.5 Å². The Morgan fingerprint density at radius 2 is 1.93 bits per heavy atom. The van der Waals surface area contributed by atoms with Gasteiger partial charge in [0.1, 0.15) is 29.5 Å². The Bertz CT molecular complexity index is 982. The van der Waals surface area contributed by atoms with Crippen molar-refractivity contribution in [3.8, 4) is 5.75 Å². The Labute approximate surface area is 165 Å². The summed E-state index contributed by atoms with van der Waals surface area (Å²) in [5.74, 6) is -2.68. The van der Waals surface area contributed by atoms with Gasteiger partial charge in [-0.3, -0.25) is 14.5 Å². The number of urea groups is 1. The Morgan fingerprint density at radius 1 is 1.21 bits per heavy atom. The van der Waals surface area contributed by atoms with Crippen LogP contribution in [0.1, 0.15) is 19.4 Å². The lowest BCUT2D eigenvalue weighted by atomic mass is 9.91. The largest absolute Gasteiger partial charge is 0.492 e. The van der Waals surface area contributed by atoms with Crippen LogP contribution in [0.25, 0.3) is 0 Å². The molecule has 2 aromatic rings. The fourth-order valence-electron chi connectivity index (χ4n) is 3.09. The van der Waals surface area contributed by atoms with E-state index in [2.05, 4.69) is 10.6 Å². The average Bonchev–Trinajstić information content (AvgIpc) is 2.89. The van der Waals surface area contributed by atoms with E-state index in [0.29, 0.717) is 22.9 Å². The van der Waals surface area contributed by atoms with Crippen molar-refractivity contribution in [1.29, 1.82) is 0 Å². The van der Waals surface area contributed by atoms with Gasteiger partial charge in [0.25, 0.3) is 5.91 Å². The maximum Gasteiger partial charge on any atom is 0.325 e. The van der Waals surface area contributed by atoms with Gasteiger partial charge in [0.15, 0.2) is 0 Å². The highest BCUT2D eigenvalue weighted by molar-refractivity contribution is 6.10. The smallest absolute Gasteiger partial charge is 0.325 e. The summed E-state index contributed by atoms with van der Waals surface area (Å²) in [7, 11) is 0. The van der Waals surface area contributed by atoms with Crippen molar-refractivity contribution < 1.29 is 27.9 Å². The van der Waals surface area contributed by atoms with Gasteiger partial charge in [0, 0.05) is 5.56 Å². The minimum Gasteiger partial charge on any atom is -0.492 e. The van der Waals surface area contributed by atoms with E-state index in [-0.39, 0.29) is 5.56 Å². The number of hydrogen-bond acceptors (Lipinski definition) is 4. The van der Waals surface area contributed by atoms with Gasteiger partial charge in [0.05, 0.1) is 12.3 Å². The molecule has 7 nitrogen and oxygen atoms in total. The molecule has 0 radical (unpaired) electrons. The summed E-state index contributed by atoms with van der Waals surface area (Å²) in [6.45, 7) is 2.83. The highest BCUT2D eigenvalue weighted by Crippen LogP contribution is 2.31.